The molecular formula is C26H24ClNO3. The van der Waals surface area contributed by atoms with E-state index in [1.165, 1.54) is 5.56 Å². The van der Waals surface area contributed by atoms with Crippen molar-refractivity contribution in [2.24, 2.45) is 5.92 Å². The van der Waals surface area contributed by atoms with Gasteiger partial charge in [-0.15, -0.1) is 0 Å². The number of esters is 1. The first-order valence-corrected chi connectivity index (χ1v) is 10.7. The first kappa shape index (κ1) is 21.1. The summed E-state index contributed by atoms with van der Waals surface area (Å²) in [6.07, 6.45) is 0.129. The van der Waals surface area contributed by atoms with Gasteiger partial charge in [0, 0.05) is 29.1 Å². The minimum atomic E-state index is -0.507. The number of benzene rings is 3. The average Bonchev–Trinajstić information content (AvgIpc) is 3.16. The summed E-state index contributed by atoms with van der Waals surface area (Å²) in [6, 6.07) is 24.9. The quantitative estimate of drug-likeness (QED) is 0.387. The van der Waals surface area contributed by atoms with Gasteiger partial charge in [-0.25, -0.2) is 0 Å². The summed E-state index contributed by atoms with van der Waals surface area (Å²) in [4.78, 5) is 26.7. The van der Waals surface area contributed by atoms with E-state index in [9.17, 15) is 9.59 Å². The van der Waals surface area contributed by atoms with Crippen LogP contribution in [0, 0.1) is 5.92 Å². The van der Waals surface area contributed by atoms with Crippen molar-refractivity contribution in [2.45, 2.75) is 25.7 Å². The topological polar surface area (TPSA) is 46.6 Å². The van der Waals surface area contributed by atoms with E-state index in [2.05, 4.69) is 26.0 Å². The van der Waals surface area contributed by atoms with Crippen LogP contribution in [0.15, 0.2) is 78.9 Å². The highest BCUT2D eigenvalue weighted by Gasteiger charge is 2.36. The van der Waals surface area contributed by atoms with E-state index in [1.54, 1.807) is 23.1 Å². The molecule has 0 unspecified atom stereocenters. The fourth-order valence-corrected chi connectivity index (χ4v) is 4.10. The molecule has 0 saturated carbocycles. The SMILES string of the molecule is CC(C)(c1ccccc1)c1ccc(OC(=O)[C@@H]2CC(=O)N(c3cccc(Cl)c3)C2)cc1. The zero-order chi connectivity index (χ0) is 22.0. The van der Waals surface area contributed by atoms with Crippen LogP contribution in [0.1, 0.15) is 31.4 Å². The van der Waals surface area contributed by atoms with Crippen LogP contribution in [0.4, 0.5) is 5.69 Å². The molecule has 31 heavy (non-hydrogen) atoms. The molecule has 4 nitrogen and oxygen atoms in total. The summed E-state index contributed by atoms with van der Waals surface area (Å²) in [6.45, 7) is 4.62. The number of rotatable bonds is 5. The first-order chi connectivity index (χ1) is 14.8. The number of hydrogen-bond acceptors (Lipinski definition) is 3. The Bertz CT molecular complexity index is 1090. The number of anilines is 1. The predicted octanol–water partition coefficient (Wildman–Crippen LogP) is 5.62. The minimum absolute atomic E-state index is 0.107. The Hall–Kier alpha value is -3.11. The van der Waals surface area contributed by atoms with Crippen LogP contribution in [-0.2, 0) is 15.0 Å². The van der Waals surface area contributed by atoms with Gasteiger partial charge in [-0.2, -0.15) is 0 Å². The first-order valence-electron chi connectivity index (χ1n) is 10.3. The molecule has 0 aliphatic carbocycles. The lowest BCUT2D eigenvalue weighted by Gasteiger charge is -2.26. The normalized spacial score (nSPS) is 16.4. The number of nitrogens with zero attached hydrogens (tertiary/aromatic N) is 1. The summed E-state index contributed by atoms with van der Waals surface area (Å²) in [5.41, 5.74) is 2.87. The molecule has 1 aliphatic rings. The molecule has 1 amide bonds. The smallest absolute Gasteiger partial charge is 0.316 e. The molecule has 3 aromatic rings. The van der Waals surface area contributed by atoms with E-state index >= 15 is 0 Å². The standard InChI is InChI=1S/C26H24ClNO3/c1-26(2,19-7-4-3-5-8-19)20-11-13-23(14-12-20)31-25(30)18-15-24(29)28(17-18)22-10-6-9-21(27)16-22/h3-14,16,18H,15,17H2,1-2H3/t18-/m1/s1. The van der Waals surface area contributed by atoms with E-state index in [0.29, 0.717) is 16.5 Å². The average molecular weight is 434 g/mol. The Labute approximate surface area is 187 Å². The molecule has 0 spiro atoms. The highest BCUT2D eigenvalue weighted by molar-refractivity contribution is 6.31. The molecule has 1 heterocycles. The maximum absolute atomic E-state index is 12.7. The van der Waals surface area contributed by atoms with Crippen LogP contribution < -0.4 is 9.64 Å². The fourth-order valence-electron chi connectivity index (χ4n) is 3.92. The molecule has 0 radical (unpaired) electrons. The minimum Gasteiger partial charge on any atom is -0.426 e. The number of carbonyl (C=O) groups excluding carboxylic acids is 2. The van der Waals surface area contributed by atoms with Gasteiger partial charge in [0.1, 0.15) is 5.75 Å². The lowest BCUT2D eigenvalue weighted by atomic mass is 9.78. The van der Waals surface area contributed by atoms with Crippen molar-refractivity contribution in [1.29, 1.82) is 0 Å². The van der Waals surface area contributed by atoms with Gasteiger partial charge >= 0.3 is 5.97 Å². The van der Waals surface area contributed by atoms with Gasteiger partial charge in [0.05, 0.1) is 5.92 Å². The zero-order valence-corrected chi connectivity index (χ0v) is 18.3. The summed E-state index contributed by atoms with van der Waals surface area (Å²) >= 11 is 6.03. The molecule has 5 heteroatoms. The highest BCUT2D eigenvalue weighted by atomic mass is 35.5. The van der Waals surface area contributed by atoms with E-state index < -0.39 is 11.9 Å². The molecule has 1 aliphatic heterocycles. The Morgan fingerprint density at radius 2 is 1.65 bits per heavy atom. The molecule has 1 saturated heterocycles. The number of carbonyl (C=O) groups is 2. The Morgan fingerprint density at radius 3 is 2.32 bits per heavy atom. The number of ether oxygens (including phenoxy) is 1. The van der Waals surface area contributed by atoms with E-state index in [4.69, 9.17) is 16.3 Å². The molecule has 3 aromatic carbocycles. The zero-order valence-electron chi connectivity index (χ0n) is 17.5. The van der Waals surface area contributed by atoms with E-state index in [0.717, 1.165) is 5.56 Å². The number of halogens is 1. The van der Waals surface area contributed by atoms with Gasteiger partial charge < -0.3 is 9.64 Å². The van der Waals surface area contributed by atoms with Crippen molar-refractivity contribution in [3.8, 4) is 5.75 Å². The maximum atomic E-state index is 12.7. The van der Waals surface area contributed by atoms with Crippen LogP contribution in [-0.4, -0.2) is 18.4 Å². The molecule has 0 bridgehead atoms. The van der Waals surface area contributed by atoms with E-state index in [-0.39, 0.29) is 24.3 Å². The Kier molecular flexibility index (Phi) is 5.84. The third-order valence-electron chi connectivity index (χ3n) is 5.87. The summed E-state index contributed by atoms with van der Waals surface area (Å²) in [5, 5.41) is 0.551. The molecule has 158 valence electrons. The van der Waals surface area contributed by atoms with Gasteiger partial charge in [0.2, 0.25) is 5.91 Å². The summed E-state index contributed by atoms with van der Waals surface area (Å²) in [5.74, 6) is -0.532. The largest absolute Gasteiger partial charge is 0.426 e. The number of hydrogen-bond donors (Lipinski definition) is 0. The summed E-state index contributed by atoms with van der Waals surface area (Å²) in [7, 11) is 0. The van der Waals surface area contributed by atoms with Crippen LogP contribution in [0.3, 0.4) is 0 Å². The van der Waals surface area contributed by atoms with Gasteiger partial charge in [0.15, 0.2) is 0 Å². The van der Waals surface area contributed by atoms with Crippen LogP contribution in [0.2, 0.25) is 5.02 Å². The molecular weight excluding hydrogens is 410 g/mol. The van der Waals surface area contributed by atoms with Crippen molar-refractivity contribution >= 4 is 29.2 Å². The van der Waals surface area contributed by atoms with Crippen LogP contribution >= 0.6 is 11.6 Å². The van der Waals surface area contributed by atoms with Crippen LogP contribution in [0.25, 0.3) is 0 Å². The molecule has 1 fully saturated rings. The monoisotopic (exact) mass is 433 g/mol. The van der Waals surface area contributed by atoms with Crippen molar-refractivity contribution < 1.29 is 14.3 Å². The van der Waals surface area contributed by atoms with Crippen molar-refractivity contribution in [3.63, 3.8) is 0 Å². The van der Waals surface area contributed by atoms with E-state index in [1.807, 2.05) is 48.5 Å². The second kappa shape index (κ2) is 8.56. The van der Waals surface area contributed by atoms with Crippen molar-refractivity contribution in [3.05, 3.63) is 95.0 Å². The second-order valence-corrected chi connectivity index (χ2v) is 8.76. The Morgan fingerprint density at radius 1 is 0.968 bits per heavy atom. The number of amides is 1. The lowest BCUT2D eigenvalue weighted by Crippen LogP contribution is -2.27. The van der Waals surface area contributed by atoms with Crippen molar-refractivity contribution in [1.82, 2.24) is 0 Å². The van der Waals surface area contributed by atoms with Gasteiger partial charge in [-0.3, -0.25) is 9.59 Å². The van der Waals surface area contributed by atoms with Crippen molar-refractivity contribution in [2.75, 3.05) is 11.4 Å². The van der Waals surface area contributed by atoms with Crippen LogP contribution in [0.5, 0.6) is 5.75 Å². The molecule has 0 N–H and O–H groups in total. The molecule has 0 aromatic heterocycles. The lowest BCUT2D eigenvalue weighted by molar-refractivity contribution is -0.139. The maximum Gasteiger partial charge on any atom is 0.316 e. The Balaban J connectivity index is 1.43. The highest BCUT2D eigenvalue weighted by Crippen LogP contribution is 2.33. The van der Waals surface area contributed by atoms with Gasteiger partial charge in [0.25, 0.3) is 0 Å². The second-order valence-electron chi connectivity index (χ2n) is 8.32. The molecule has 1 atom stereocenters. The third kappa shape index (κ3) is 4.49. The third-order valence-corrected chi connectivity index (χ3v) is 6.10. The predicted molar refractivity (Wildman–Crippen MR) is 123 cm³/mol. The van der Waals surface area contributed by atoms with Gasteiger partial charge in [-0.1, -0.05) is 74.0 Å². The van der Waals surface area contributed by atoms with Gasteiger partial charge in [-0.05, 0) is 41.5 Å². The molecule has 4 rings (SSSR count). The summed E-state index contributed by atoms with van der Waals surface area (Å²) < 4.78 is 5.58. The fraction of sp³-hybridized carbons (Fsp3) is 0.231.